The van der Waals surface area contributed by atoms with Gasteiger partial charge in [-0.2, -0.15) is 0 Å². The number of rotatable bonds is 8. The van der Waals surface area contributed by atoms with Crippen molar-refractivity contribution in [2.45, 2.75) is 52.4 Å². The Morgan fingerprint density at radius 3 is 2.04 bits per heavy atom. The molecule has 144 valence electrons. The predicted octanol–water partition coefficient (Wildman–Crippen LogP) is 5.05. The molecule has 4 heteroatoms. The van der Waals surface area contributed by atoms with Crippen LogP contribution in [0.3, 0.4) is 0 Å². The fourth-order valence-electron chi connectivity index (χ4n) is 2.98. The van der Waals surface area contributed by atoms with Gasteiger partial charge in [-0.25, -0.2) is 0 Å². The van der Waals surface area contributed by atoms with E-state index in [9.17, 15) is 9.59 Å². The average molecular weight is 367 g/mol. The number of aryl methyl sites for hydroxylation is 1. The minimum Gasteiger partial charge on any atom is -0.456 e. The Labute approximate surface area is 161 Å². The number of hydrogen-bond acceptors (Lipinski definition) is 3. The average Bonchev–Trinajstić information content (AvgIpc) is 2.65. The fraction of sp³-hybridized carbons (Fsp3) is 0.391. The number of anilines is 1. The third kappa shape index (κ3) is 6.24. The van der Waals surface area contributed by atoms with Crippen molar-refractivity contribution >= 4 is 17.6 Å². The molecule has 4 nitrogen and oxygen atoms in total. The second-order valence-corrected chi connectivity index (χ2v) is 7.32. The van der Waals surface area contributed by atoms with E-state index in [2.05, 4.69) is 33.0 Å². The van der Waals surface area contributed by atoms with Crippen LogP contribution in [0.4, 0.5) is 5.69 Å². The standard InChI is InChI=1S/C23H29NO3/c1-16(2)19-11-8-12-20(17(3)4)23(19)24-21(25)15-27-22(26)14-13-18-9-6-5-7-10-18/h5-12,16-17H,13-15H2,1-4H3,(H,24,25). The Bertz CT molecular complexity index is 740. The molecule has 0 radical (unpaired) electrons. The highest BCUT2D eigenvalue weighted by Crippen LogP contribution is 2.32. The third-order valence-electron chi connectivity index (χ3n) is 4.46. The molecule has 0 aliphatic rings. The molecule has 0 unspecified atom stereocenters. The van der Waals surface area contributed by atoms with E-state index in [1.54, 1.807) is 0 Å². The van der Waals surface area contributed by atoms with Crippen LogP contribution in [0.25, 0.3) is 0 Å². The molecule has 2 aromatic rings. The van der Waals surface area contributed by atoms with E-state index in [-0.39, 0.29) is 36.7 Å². The Kier molecular flexibility index (Phi) is 7.59. The number of amides is 1. The number of nitrogens with one attached hydrogen (secondary N) is 1. The lowest BCUT2D eigenvalue weighted by molar-refractivity contribution is -0.147. The number of benzene rings is 2. The Morgan fingerprint density at radius 2 is 1.48 bits per heavy atom. The zero-order valence-corrected chi connectivity index (χ0v) is 16.6. The van der Waals surface area contributed by atoms with Gasteiger partial charge in [0.2, 0.25) is 0 Å². The summed E-state index contributed by atoms with van der Waals surface area (Å²) in [5.74, 6) is -0.104. The highest BCUT2D eigenvalue weighted by molar-refractivity contribution is 5.94. The number of hydrogen-bond donors (Lipinski definition) is 1. The third-order valence-corrected chi connectivity index (χ3v) is 4.46. The van der Waals surface area contributed by atoms with Crippen molar-refractivity contribution in [3.05, 3.63) is 65.2 Å². The molecule has 0 atom stereocenters. The van der Waals surface area contributed by atoms with E-state index in [0.717, 1.165) is 22.4 Å². The minimum atomic E-state index is -0.366. The second-order valence-electron chi connectivity index (χ2n) is 7.32. The number of para-hydroxylation sites is 1. The quantitative estimate of drug-likeness (QED) is 0.664. The molecule has 0 aliphatic carbocycles. The van der Waals surface area contributed by atoms with Gasteiger partial charge in [0.15, 0.2) is 6.61 Å². The zero-order valence-electron chi connectivity index (χ0n) is 16.6. The molecular weight excluding hydrogens is 338 g/mol. The van der Waals surface area contributed by atoms with Crippen molar-refractivity contribution in [3.63, 3.8) is 0 Å². The van der Waals surface area contributed by atoms with Gasteiger partial charge >= 0.3 is 5.97 Å². The Hall–Kier alpha value is -2.62. The summed E-state index contributed by atoms with van der Waals surface area (Å²) in [5.41, 5.74) is 4.09. The molecular formula is C23H29NO3. The summed E-state index contributed by atoms with van der Waals surface area (Å²) in [6, 6.07) is 15.8. The highest BCUT2D eigenvalue weighted by Gasteiger charge is 2.16. The maximum Gasteiger partial charge on any atom is 0.306 e. The largest absolute Gasteiger partial charge is 0.456 e. The normalized spacial score (nSPS) is 10.9. The number of ether oxygens (including phenoxy) is 1. The Balaban J connectivity index is 1.93. The molecule has 0 aliphatic heterocycles. The van der Waals surface area contributed by atoms with Crippen LogP contribution >= 0.6 is 0 Å². The SMILES string of the molecule is CC(C)c1cccc(C(C)C)c1NC(=O)COC(=O)CCc1ccccc1. The maximum atomic E-state index is 12.4. The van der Waals surface area contributed by atoms with Gasteiger partial charge in [-0.05, 0) is 34.9 Å². The first-order chi connectivity index (χ1) is 12.9. The van der Waals surface area contributed by atoms with E-state index in [1.807, 2.05) is 48.5 Å². The number of carbonyl (C=O) groups is 2. The molecule has 0 fully saturated rings. The van der Waals surface area contributed by atoms with Crippen LogP contribution in [-0.4, -0.2) is 18.5 Å². The van der Waals surface area contributed by atoms with Crippen molar-refractivity contribution in [2.75, 3.05) is 11.9 Å². The van der Waals surface area contributed by atoms with Gasteiger partial charge < -0.3 is 10.1 Å². The first-order valence-corrected chi connectivity index (χ1v) is 9.50. The van der Waals surface area contributed by atoms with Gasteiger partial charge in [0, 0.05) is 12.1 Å². The van der Waals surface area contributed by atoms with Gasteiger partial charge in [0.25, 0.3) is 5.91 Å². The first kappa shape index (κ1) is 20.7. The van der Waals surface area contributed by atoms with Crippen LogP contribution in [0.15, 0.2) is 48.5 Å². The van der Waals surface area contributed by atoms with Crippen LogP contribution in [-0.2, 0) is 20.7 Å². The van der Waals surface area contributed by atoms with Gasteiger partial charge in [-0.1, -0.05) is 76.2 Å². The molecule has 0 aromatic heterocycles. The summed E-state index contributed by atoms with van der Waals surface area (Å²) in [6.45, 7) is 8.12. The fourth-order valence-corrected chi connectivity index (χ4v) is 2.98. The predicted molar refractivity (Wildman–Crippen MR) is 109 cm³/mol. The maximum absolute atomic E-state index is 12.4. The first-order valence-electron chi connectivity index (χ1n) is 9.50. The molecule has 0 heterocycles. The van der Waals surface area contributed by atoms with Crippen molar-refractivity contribution < 1.29 is 14.3 Å². The number of carbonyl (C=O) groups excluding carboxylic acids is 2. The van der Waals surface area contributed by atoms with E-state index < -0.39 is 0 Å². The summed E-state index contributed by atoms with van der Waals surface area (Å²) in [5, 5.41) is 2.95. The van der Waals surface area contributed by atoms with E-state index in [1.165, 1.54) is 0 Å². The zero-order chi connectivity index (χ0) is 19.8. The smallest absolute Gasteiger partial charge is 0.306 e. The molecule has 0 spiro atoms. The lowest BCUT2D eigenvalue weighted by atomic mass is 9.92. The molecule has 1 amide bonds. The lowest BCUT2D eigenvalue weighted by Crippen LogP contribution is -2.22. The summed E-state index contributed by atoms with van der Waals surface area (Å²) in [4.78, 5) is 24.3. The highest BCUT2D eigenvalue weighted by atomic mass is 16.5. The molecule has 2 rings (SSSR count). The van der Waals surface area contributed by atoms with Gasteiger partial charge in [0.1, 0.15) is 0 Å². The van der Waals surface area contributed by atoms with Gasteiger partial charge in [0.05, 0.1) is 0 Å². The van der Waals surface area contributed by atoms with Crippen LogP contribution in [0.5, 0.6) is 0 Å². The Morgan fingerprint density at radius 1 is 0.889 bits per heavy atom. The van der Waals surface area contributed by atoms with Crippen LogP contribution < -0.4 is 5.32 Å². The molecule has 1 N–H and O–H groups in total. The van der Waals surface area contributed by atoms with Crippen molar-refractivity contribution in [3.8, 4) is 0 Å². The topological polar surface area (TPSA) is 55.4 Å². The van der Waals surface area contributed by atoms with E-state index >= 15 is 0 Å². The van der Waals surface area contributed by atoms with E-state index in [0.29, 0.717) is 6.42 Å². The van der Waals surface area contributed by atoms with Crippen LogP contribution in [0.2, 0.25) is 0 Å². The van der Waals surface area contributed by atoms with Crippen LogP contribution in [0, 0.1) is 0 Å². The summed E-state index contributed by atoms with van der Waals surface area (Å²) in [6.07, 6.45) is 0.867. The monoisotopic (exact) mass is 367 g/mol. The number of esters is 1. The van der Waals surface area contributed by atoms with Crippen molar-refractivity contribution in [2.24, 2.45) is 0 Å². The summed E-state index contributed by atoms with van der Waals surface area (Å²) < 4.78 is 5.15. The molecule has 0 saturated heterocycles. The molecule has 0 saturated carbocycles. The van der Waals surface area contributed by atoms with Crippen LogP contribution in [0.1, 0.15) is 62.6 Å². The summed E-state index contributed by atoms with van der Waals surface area (Å²) >= 11 is 0. The van der Waals surface area contributed by atoms with Gasteiger partial charge in [-0.3, -0.25) is 9.59 Å². The molecule has 2 aromatic carbocycles. The second kappa shape index (κ2) is 9.91. The van der Waals surface area contributed by atoms with E-state index in [4.69, 9.17) is 4.74 Å². The summed E-state index contributed by atoms with van der Waals surface area (Å²) in [7, 11) is 0. The van der Waals surface area contributed by atoms with Gasteiger partial charge in [-0.15, -0.1) is 0 Å². The lowest BCUT2D eigenvalue weighted by Gasteiger charge is -2.20. The van der Waals surface area contributed by atoms with Crippen molar-refractivity contribution in [1.29, 1.82) is 0 Å². The molecule has 0 bridgehead atoms. The molecule has 27 heavy (non-hydrogen) atoms. The van der Waals surface area contributed by atoms with Crippen molar-refractivity contribution in [1.82, 2.24) is 0 Å². The minimum absolute atomic E-state index is 0.261.